The molecule has 1 amide bonds. The third-order valence-electron chi connectivity index (χ3n) is 4.32. The molecular formula is C21H26N2O. The highest BCUT2D eigenvalue weighted by Gasteiger charge is 2.38. The quantitative estimate of drug-likeness (QED) is 0.855. The molecule has 1 aliphatic rings. The van der Waals surface area contributed by atoms with Crippen LogP contribution in [0.1, 0.15) is 49.0 Å². The van der Waals surface area contributed by atoms with Crippen molar-refractivity contribution in [3.05, 3.63) is 65.7 Å². The highest BCUT2D eigenvalue weighted by atomic mass is 16.1. The average molecular weight is 322 g/mol. The van der Waals surface area contributed by atoms with Gasteiger partial charge in [-0.15, -0.1) is 0 Å². The Morgan fingerprint density at radius 3 is 2.33 bits per heavy atom. The predicted molar refractivity (Wildman–Crippen MR) is 99.4 cm³/mol. The van der Waals surface area contributed by atoms with Gasteiger partial charge in [0.05, 0.1) is 0 Å². The van der Waals surface area contributed by atoms with E-state index < -0.39 is 0 Å². The Labute approximate surface area is 144 Å². The fourth-order valence-electron chi connectivity index (χ4n) is 2.83. The highest BCUT2D eigenvalue weighted by molar-refractivity contribution is 6.04. The lowest BCUT2D eigenvalue weighted by Gasteiger charge is -2.18. The lowest BCUT2D eigenvalue weighted by Crippen LogP contribution is -2.29. The van der Waals surface area contributed by atoms with E-state index in [1.807, 2.05) is 42.5 Å². The zero-order valence-corrected chi connectivity index (χ0v) is 14.7. The lowest BCUT2D eigenvalue weighted by atomic mass is 9.97. The maximum absolute atomic E-state index is 12.2. The number of carbonyl (C=O) groups is 1. The van der Waals surface area contributed by atoms with Crippen molar-refractivity contribution in [3.63, 3.8) is 0 Å². The fourth-order valence-corrected chi connectivity index (χ4v) is 2.83. The van der Waals surface area contributed by atoms with Crippen molar-refractivity contribution in [1.82, 2.24) is 5.32 Å². The van der Waals surface area contributed by atoms with E-state index in [0.717, 1.165) is 12.2 Å². The van der Waals surface area contributed by atoms with E-state index in [1.54, 1.807) is 0 Å². The summed E-state index contributed by atoms with van der Waals surface area (Å²) in [5, 5.41) is 6.59. The minimum absolute atomic E-state index is 0.0699. The van der Waals surface area contributed by atoms with Gasteiger partial charge in [-0.1, -0.05) is 51.1 Å². The van der Waals surface area contributed by atoms with Crippen molar-refractivity contribution in [1.29, 1.82) is 0 Å². The van der Waals surface area contributed by atoms with Gasteiger partial charge in [-0.05, 0) is 41.7 Å². The van der Waals surface area contributed by atoms with Crippen LogP contribution in [0.15, 0.2) is 54.6 Å². The molecule has 126 valence electrons. The van der Waals surface area contributed by atoms with E-state index in [4.69, 9.17) is 0 Å². The standard InChI is InChI=1S/C21H26N2O/c1-21(2,3)14-22-19-13-18(19)15-9-11-17(12-10-15)23-20(24)16-7-5-4-6-8-16/h4-12,18-19,22H,13-14H2,1-3H3,(H,23,24)/t18-,19+/m0/s1. The van der Waals surface area contributed by atoms with E-state index in [-0.39, 0.29) is 5.91 Å². The molecule has 2 aromatic rings. The molecule has 0 heterocycles. The van der Waals surface area contributed by atoms with Gasteiger partial charge < -0.3 is 10.6 Å². The Morgan fingerprint density at radius 1 is 1.04 bits per heavy atom. The second-order valence-electron chi connectivity index (χ2n) is 7.83. The normalized spacial score (nSPS) is 19.8. The number of hydrogen-bond acceptors (Lipinski definition) is 2. The Bertz CT molecular complexity index is 686. The molecule has 1 fully saturated rings. The Hall–Kier alpha value is -2.13. The average Bonchev–Trinajstić information content (AvgIpc) is 3.33. The van der Waals surface area contributed by atoms with E-state index >= 15 is 0 Å². The van der Waals surface area contributed by atoms with Crippen LogP contribution < -0.4 is 10.6 Å². The summed E-state index contributed by atoms with van der Waals surface area (Å²) in [4.78, 5) is 12.2. The highest BCUT2D eigenvalue weighted by Crippen LogP contribution is 2.41. The maximum atomic E-state index is 12.2. The molecule has 2 atom stereocenters. The van der Waals surface area contributed by atoms with Crippen molar-refractivity contribution < 1.29 is 4.79 Å². The monoisotopic (exact) mass is 322 g/mol. The molecule has 0 aromatic heterocycles. The summed E-state index contributed by atoms with van der Waals surface area (Å²) in [5.41, 5.74) is 3.18. The van der Waals surface area contributed by atoms with Crippen molar-refractivity contribution in [2.75, 3.05) is 11.9 Å². The Morgan fingerprint density at radius 2 is 1.71 bits per heavy atom. The van der Waals surface area contributed by atoms with Crippen LogP contribution in [-0.4, -0.2) is 18.5 Å². The van der Waals surface area contributed by atoms with Gasteiger partial charge in [0.15, 0.2) is 0 Å². The zero-order chi connectivity index (χ0) is 17.2. The molecule has 0 bridgehead atoms. The molecule has 2 aromatic carbocycles. The SMILES string of the molecule is CC(C)(C)CN[C@@H]1C[C@H]1c1ccc(NC(=O)c2ccccc2)cc1. The van der Waals surface area contributed by atoms with E-state index in [0.29, 0.717) is 22.9 Å². The molecule has 3 nitrogen and oxygen atoms in total. The predicted octanol–water partition coefficient (Wildman–Crippen LogP) is 4.43. The first-order chi connectivity index (χ1) is 11.4. The van der Waals surface area contributed by atoms with Gasteiger partial charge in [0, 0.05) is 29.8 Å². The largest absolute Gasteiger partial charge is 0.322 e. The third kappa shape index (κ3) is 4.45. The van der Waals surface area contributed by atoms with Gasteiger partial charge >= 0.3 is 0 Å². The third-order valence-corrected chi connectivity index (χ3v) is 4.32. The maximum Gasteiger partial charge on any atom is 0.255 e. The summed E-state index contributed by atoms with van der Waals surface area (Å²) < 4.78 is 0. The van der Waals surface area contributed by atoms with E-state index in [9.17, 15) is 4.79 Å². The van der Waals surface area contributed by atoms with Crippen LogP contribution in [0.25, 0.3) is 0 Å². The summed E-state index contributed by atoms with van der Waals surface area (Å²) >= 11 is 0. The second kappa shape index (κ2) is 6.78. The number of nitrogens with one attached hydrogen (secondary N) is 2. The summed E-state index contributed by atoms with van der Waals surface area (Å²) in [6, 6.07) is 18.1. The number of anilines is 1. The van der Waals surface area contributed by atoms with Crippen molar-refractivity contribution >= 4 is 11.6 Å². The van der Waals surface area contributed by atoms with Crippen molar-refractivity contribution in [2.24, 2.45) is 5.41 Å². The first-order valence-electron chi connectivity index (χ1n) is 8.62. The van der Waals surface area contributed by atoms with Gasteiger partial charge in [-0.2, -0.15) is 0 Å². The van der Waals surface area contributed by atoms with Crippen molar-refractivity contribution in [2.45, 2.75) is 39.2 Å². The molecular weight excluding hydrogens is 296 g/mol. The zero-order valence-electron chi connectivity index (χ0n) is 14.7. The molecule has 0 radical (unpaired) electrons. The van der Waals surface area contributed by atoms with Crippen LogP contribution in [0.2, 0.25) is 0 Å². The van der Waals surface area contributed by atoms with Crippen LogP contribution in [0, 0.1) is 5.41 Å². The lowest BCUT2D eigenvalue weighted by molar-refractivity contribution is 0.102. The van der Waals surface area contributed by atoms with Crippen LogP contribution in [-0.2, 0) is 0 Å². The van der Waals surface area contributed by atoms with Crippen LogP contribution in [0.4, 0.5) is 5.69 Å². The Balaban J connectivity index is 1.54. The topological polar surface area (TPSA) is 41.1 Å². The number of rotatable bonds is 5. The van der Waals surface area contributed by atoms with Gasteiger partial charge in [0.25, 0.3) is 5.91 Å². The Kier molecular flexibility index (Phi) is 4.72. The second-order valence-corrected chi connectivity index (χ2v) is 7.83. The molecule has 0 aliphatic heterocycles. The fraction of sp³-hybridized carbons (Fsp3) is 0.381. The minimum Gasteiger partial charge on any atom is -0.322 e. The van der Waals surface area contributed by atoms with Crippen LogP contribution >= 0.6 is 0 Å². The molecule has 3 heteroatoms. The number of carbonyl (C=O) groups excluding carboxylic acids is 1. The van der Waals surface area contributed by atoms with Gasteiger partial charge in [-0.3, -0.25) is 4.79 Å². The van der Waals surface area contributed by atoms with Gasteiger partial charge in [-0.25, -0.2) is 0 Å². The smallest absolute Gasteiger partial charge is 0.255 e. The number of amides is 1. The minimum atomic E-state index is -0.0699. The first-order valence-corrected chi connectivity index (χ1v) is 8.62. The summed E-state index contributed by atoms with van der Waals surface area (Å²) in [5.74, 6) is 0.533. The molecule has 1 saturated carbocycles. The van der Waals surface area contributed by atoms with Crippen LogP contribution in [0.3, 0.4) is 0 Å². The van der Waals surface area contributed by atoms with E-state index in [2.05, 4.69) is 43.5 Å². The number of hydrogen-bond donors (Lipinski definition) is 2. The summed E-state index contributed by atoms with van der Waals surface area (Å²) in [6.45, 7) is 7.80. The molecule has 1 aliphatic carbocycles. The molecule has 3 rings (SSSR count). The van der Waals surface area contributed by atoms with Crippen molar-refractivity contribution in [3.8, 4) is 0 Å². The van der Waals surface area contributed by atoms with Crippen LogP contribution in [0.5, 0.6) is 0 Å². The first kappa shape index (κ1) is 16.7. The summed E-state index contributed by atoms with van der Waals surface area (Å²) in [6.07, 6.45) is 1.20. The number of benzene rings is 2. The molecule has 0 saturated heterocycles. The molecule has 0 unspecified atom stereocenters. The molecule has 0 spiro atoms. The molecule has 2 N–H and O–H groups in total. The van der Waals surface area contributed by atoms with E-state index in [1.165, 1.54) is 12.0 Å². The molecule has 24 heavy (non-hydrogen) atoms. The van der Waals surface area contributed by atoms with Gasteiger partial charge in [0.1, 0.15) is 0 Å². The summed E-state index contributed by atoms with van der Waals surface area (Å²) in [7, 11) is 0. The van der Waals surface area contributed by atoms with Gasteiger partial charge in [0.2, 0.25) is 0 Å².